The number of likely N-dealkylation sites (tertiary alicyclic amines) is 1. The topological polar surface area (TPSA) is 62.5 Å². The van der Waals surface area contributed by atoms with Crippen molar-refractivity contribution in [3.05, 3.63) is 34.2 Å². The summed E-state index contributed by atoms with van der Waals surface area (Å²) >= 11 is 0. The van der Waals surface area contributed by atoms with E-state index >= 15 is 0 Å². The fourth-order valence-electron chi connectivity index (χ4n) is 3.25. The van der Waals surface area contributed by atoms with Crippen LogP contribution in [-0.4, -0.2) is 39.7 Å². The molecule has 0 spiro atoms. The molecule has 0 aliphatic carbocycles. The van der Waals surface area contributed by atoms with Crippen molar-refractivity contribution < 1.29 is 9.90 Å². The third-order valence-corrected chi connectivity index (χ3v) is 4.67. The summed E-state index contributed by atoms with van der Waals surface area (Å²) in [5.41, 5.74) is 0.321. The first kappa shape index (κ1) is 17.7. The van der Waals surface area contributed by atoms with Crippen LogP contribution in [0.4, 0.5) is 0 Å². The summed E-state index contributed by atoms with van der Waals surface area (Å²) in [4.78, 5) is 26.2. The number of carbonyl (C=O) groups excluding carboxylic acids is 1. The number of nitrogens with zero attached hydrogens (tertiary/aromatic N) is 2. The van der Waals surface area contributed by atoms with Gasteiger partial charge in [0.05, 0.1) is 6.10 Å². The maximum atomic E-state index is 12.5. The highest BCUT2D eigenvalue weighted by Gasteiger charge is 2.28. The molecule has 0 radical (unpaired) electrons. The Morgan fingerprint density at radius 2 is 2.00 bits per heavy atom. The summed E-state index contributed by atoms with van der Waals surface area (Å²) in [5.74, 6) is 0.673. The van der Waals surface area contributed by atoms with E-state index in [1.165, 1.54) is 6.07 Å². The summed E-state index contributed by atoms with van der Waals surface area (Å²) in [7, 11) is 0. The number of amides is 1. The fourth-order valence-corrected chi connectivity index (χ4v) is 3.25. The first-order chi connectivity index (χ1) is 10.9. The van der Waals surface area contributed by atoms with Crippen molar-refractivity contribution in [1.82, 2.24) is 9.47 Å². The second kappa shape index (κ2) is 7.77. The van der Waals surface area contributed by atoms with Gasteiger partial charge in [-0.05, 0) is 44.1 Å². The van der Waals surface area contributed by atoms with Gasteiger partial charge >= 0.3 is 0 Å². The van der Waals surface area contributed by atoms with Gasteiger partial charge in [0.15, 0.2) is 0 Å². The molecule has 0 unspecified atom stereocenters. The van der Waals surface area contributed by atoms with Crippen LogP contribution in [0.3, 0.4) is 0 Å². The number of piperidine rings is 1. The molecule has 0 bridgehead atoms. The van der Waals surface area contributed by atoms with Crippen LogP contribution in [0.1, 0.15) is 50.4 Å². The summed E-state index contributed by atoms with van der Waals surface area (Å²) in [5, 5.41) is 10.2. The van der Waals surface area contributed by atoms with Gasteiger partial charge in [0, 0.05) is 37.5 Å². The van der Waals surface area contributed by atoms with Crippen LogP contribution in [0, 0.1) is 11.8 Å². The van der Waals surface area contributed by atoms with Crippen LogP contribution in [0.25, 0.3) is 0 Å². The molecule has 1 aliphatic rings. The Hall–Kier alpha value is -1.62. The van der Waals surface area contributed by atoms with E-state index in [0.717, 1.165) is 19.3 Å². The van der Waals surface area contributed by atoms with Crippen molar-refractivity contribution in [3.63, 3.8) is 0 Å². The van der Waals surface area contributed by atoms with Gasteiger partial charge in [-0.3, -0.25) is 9.59 Å². The molecule has 5 heteroatoms. The first-order valence-electron chi connectivity index (χ1n) is 8.60. The Balaban J connectivity index is 1.96. The van der Waals surface area contributed by atoms with E-state index in [0.29, 0.717) is 31.1 Å². The molecule has 0 saturated carbocycles. The van der Waals surface area contributed by atoms with E-state index in [1.807, 2.05) is 6.92 Å². The summed E-state index contributed by atoms with van der Waals surface area (Å²) < 4.78 is 1.57. The third-order valence-electron chi connectivity index (χ3n) is 4.67. The van der Waals surface area contributed by atoms with Crippen LogP contribution in [0.15, 0.2) is 23.1 Å². The Labute approximate surface area is 137 Å². The number of carbonyl (C=O) groups is 1. The highest BCUT2D eigenvalue weighted by atomic mass is 16.3. The molecule has 1 N–H and O–H groups in total. The highest BCUT2D eigenvalue weighted by Crippen LogP contribution is 2.25. The normalized spacial score (nSPS) is 17.5. The Bertz CT molecular complexity index is 586. The maximum Gasteiger partial charge on any atom is 0.254 e. The fraction of sp³-hybridized carbons (Fsp3) is 0.667. The third kappa shape index (κ3) is 4.44. The molecule has 5 nitrogen and oxygen atoms in total. The average Bonchev–Trinajstić information content (AvgIpc) is 2.53. The second-order valence-corrected chi connectivity index (χ2v) is 6.87. The van der Waals surface area contributed by atoms with Gasteiger partial charge in [0.25, 0.3) is 11.5 Å². The van der Waals surface area contributed by atoms with Crippen LogP contribution < -0.4 is 5.56 Å². The van der Waals surface area contributed by atoms with Gasteiger partial charge in [-0.2, -0.15) is 0 Å². The zero-order valence-corrected chi connectivity index (χ0v) is 14.4. The van der Waals surface area contributed by atoms with Crippen molar-refractivity contribution in [2.24, 2.45) is 11.8 Å². The van der Waals surface area contributed by atoms with Crippen molar-refractivity contribution >= 4 is 5.91 Å². The average molecular weight is 320 g/mol. The highest BCUT2D eigenvalue weighted by molar-refractivity contribution is 5.94. The minimum absolute atomic E-state index is 0.0813. The van der Waals surface area contributed by atoms with Gasteiger partial charge in [-0.15, -0.1) is 0 Å². The predicted octanol–water partition coefficient (Wildman–Crippen LogP) is 2.13. The molecule has 128 valence electrons. The van der Waals surface area contributed by atoms with Crippen LogP contribution in [0.2, 0.25) is 0 Å². The number of aryl methyl sites for hydroxylation is 1. The van der Waals surface area contributed by atoms with Crippen LogP contribution >= 0.6 is 0 Å². The lowest BCUT2D eigenvalue weighted by atomic mass is 9.87. The van der Waals surface area contributed by atoms with Crippen LogP contribution in [0.5, 0.6) is 0 Å². The molecule has 1 aromatic heterocycles. The Kier molecular flexibility index (Phi) is 5.99. The number of pyridine rings is 1. The lowest BCUT2D eigenvalue weighted by molar-refractivity contribution is 0.0385. The van der Waals surface area contributed by atoms with Gasteiger partial charge in [0.1, 0.15) is 0 Å². The molecule has 1 aromatic rings. The first-order valence-corrected chi connectivity index (χ1v) is 8.60. The van der Waals surface area contributed by atoms with Crippen molar-refractivity contribution in [1.29, 1.82) is 0 Å². The summed E-state index contributed by atoms with van der Waals surface area (Å²) in [6.07, 6.45) is 3.86. The van der Waals surface area contributed by atoms with Gasteiger partial charge in [0.2, 0.25) is 0 Å². The van der Waals surface area contributed by atoms with E-state index in [4.69, 9.17) is 0 Å². The van der Waals surface area contributed by atoms with E-state index in [9.17, 15) is 14.7 Å². The SMILES string of the molecule is CCn1ccc(C(=O)N2CCC([C@H](O)CC(C)C)CC2)cc1=O. The van der Waals surface area contributed by atoms with Gasteiger partial charge in [-0.1, -0.05) is 13.8 Å². The Morgan fingerprint density at radius 1 is 1.35 bits per heavy atom. The molecule has 1 atom stereocenters. The molecule has 1 aliphatic heterocycles. The number of aliphatic hydroxyl groups is 1. The summed E-state index contributed by atoms with van der Waals surface area (Å²) in [6, 6.07) is 3.14. The van der Waals surface area contributed by atoms with E-state index in [2.05, 4.69) is 13.8 Å². The van der Waals surface area contributed by atoms with Gasteiger partial charge in [-0.25, -0.2) is 0 Å². The molecule has 1 saturated heterocycles. The molecule has 2 rings (SSSR count). The molecular formula is C18H28N2O3. The van der Waals surface area contributed by atoms with Crippen molar-refractivity contribution in [2.75, 3.05) is 13.1 Å². The lowest BCUT2D eigenvalue weighted by Gasteiger charge is -2.34. The zero-order chi connectivity index (χ0) is 17.0. The number of hydrogen-bond donors (Lipinski definition) is 1. The molecule has 0 aromatic carbocycles. The minimum Gasteiger partial charge on any atom is -0.393 e. The van der Waals surface area contributed by atoms with Crippen molar-refractivity contribution in [2.45, 2.75) is 52.7 Å². The quantitative estimate of drug-likeness (QED) is 0.904. The predicted molar refractivity (Wildman–Crippen MR) is 90.5 cm³/mol. The van der Waals surface area contributed by atoms with Crippen LogP contribution in [-0.2, 0) is 6.54 Å². The number of aliphatic hydroxyl groups excluding tert-OH is 1. The number of hydrogen-bond acceptors (Lipinski definition) is 3. The number of rotatable bonds is 5. The second-order valence-electron chi connectivity index (χ2n) is 6.87. The van der Waals surface area contributed by atoms with E-state index in [-0.39, 0.29) is 23.5 Å². The summed E-state index contributed by atoms with van der Waals surface area (Å²) in [6.45, 7) is 8.02. The molecule has 23 heavy (non-hydrogen) atoms. The molecular weight excluding hydrogens is 292 g/mol. The molecule has 2 heterocycles. The lowest BCUT2D eigenvalue weighted by Crippen LogP contribution is -2.41. The van der Waals surface area contributed by atoms with Gasteiger partial charge < -0.3 is 14.6 Å². The Morgan fingerprint density at radius 3 is 2.52 bits per heavy atom. The van der Waals surface area contributed by atoms with Crippen molar-refractivity contribution in [3.8, 4) is 0 Å². The smallest absolute Gasteiger partial charge is 0.254 e. The largest absolute Gasteiger partial charge is 0.393 e. The monoisotopic (exact) mass is 320 g/mol. The molecule has 1 amide bonds. The van der Waals surface area contributed by atoms with E-state index in [1.54, 1.807) is 21.7 Å². The molecule has 1 fully saturated rings. The minimum atomic E-state index is -0.277. The standard InChI is InChI=1S/C18H28N2O3/c1-4-19-8-7-15(12-17(19)22)18(23)20-9-5-14(6-10-20)16(21)11-13(2)3/h7-8,12-14,16,21H,4-6,9-11H2,1-3H3/t16-/m1/s1. The number of aromatic nitrogens is 1. The maximum absolute atomic E-state index is 12.5. The zero-order valence-electron chi connectivity index (χ0n) is 14.4. The van der Waals surface area contributed by atoms with E-state index < -0.39 is 0 Å².